The third-order valence-electron chi connectivity index (χ3n) is 2.72. The van der Waals surface area contributed by atoms with E-state index in [1.807, 2.05) is 12.1 Å². The first-order valence-electron chi connectivity index (χ1n) is 5.99. The van der Waals surface area contributed by atoms with Crippen LogP contribution in [0.5, 0.6) is 0 Å². The standard InChI is InChI=1S/C14H13Cl2N3O/c15-12-7-10(17)6-11(13(12)16)14(20)19-5-3-9-2-1-4-18-8-9/h1-2,4,6-8H,3,5,17H2,(H,19,20). The summed E-state index contributed by atoms with van der Waals surface area (Å²) in [7, 11) is 0. The molecule has 0 radical (unpaired) electrons. The second kappa shape index (κ2) is 6.59. The van der Waals surface area contributed by atoms with Crippen LogP contribution in [0.3, 0.4) is 0 Å². The van der Waals surface area contributed by atoms with E-state index in [2.05, 4.69) is 10.3 Å². The first-order valence-corrected chi connectivity index (χ1v) is 6.75. The molecule has 0 aliphatic rings. The molecule has 4 nitrogen and oxygen atoms in total. The predicted molar refractivity (Wildman–Crippen MR) is 81.1 cm³/mol. The van der Waals surface area contributed by atoms with Gasteiger partial charge in [0.1, 0.15) is 0 Å². The number of nitrogens with one attached hydrogen (secondary N) is 1. The smallest absolute Gasteiger partial charge is 0.252 e. The Balaban J connectivity index is 1.99. The quantitative estimate of drug-likeness (QED) is 0.853. The summed E-state index contributed by atoms with van der Waals surface area (Å²) in [5.41, 5.74) is 7.38. The second-order valence-corrected chi connectivity index (χ2v) is 5.02. The summed E-state index contributed by atoms with van der Waals surface area (Å²) >= 11 is 11.9. The average Bonchev–Trinajstić information content (AvgIpc) is 2.44. The highest BCUT2D eigenvalue weighted by Crippen LogP contribution is 2.28. The van der Waals surface area contributed by atoms with E-state index in [4.69, 9.17) is 28.9 Å². The Hall–Kier alpha value is -1.78. The highest BCUT2D eigenvalue weighted by atomic mass is 35.5. The lowest BCUT2D eigenvalue weighted by Gasteiger charge is -2.09. The maximum Gasteiger partial charge on any atom is 0.252 e. The molecule has 1 heterocycles. The van der Waals surface area contributed by atoms with Crippen LogP contribution in [0, 0.1) is 0 Å². The molecule has 20 heavy (non-hydrogen) atoms. The zero-order valence-electron chi connectivity index (χ0n) is 10.6. The fourth-order valence-electron chi connectivity index (χ4n) is 1.74. The van der Waals surface area contributed by atoms with Crippen LogP contribution in [0.25, 0.3) is 0 Å². The number of carbonyl (C=O) groups is 1. The predicted octanol–water partition coefficient (Wildman–Crippen LogP) is 2.94. The molecule has 0 fully saturated rings. The lowest BCUT2D eigenvalue weighted by molar-refractivity contribution is 0.0954. The number of hydrogen-bond donors (Lipinski definition) is 2. The molecule has 6 heteroatoms. The van der Waals surface area contributed by atoms with E-state index < -0.39 is 0 Å². The number of pyridine rings is 1. The molecule has 1 aromatic carbocycles. The molecule has 0 unspecified atom stereocenters. The summed E-state index contributed by atoms with van der Waals surface area (Å²) in [5.74, 6) is -0.298. The topological polar surface area (TPSA) is 68.0 Å². The largest absolute Gasteiger partial charge is 0.399 e. The van der Waals surface area contributed by atoms with Gasteiger partial charge in [0.25, 0.3) is 5.91 Å². The van der Waals surface area contributed by atoms with Crippen molar-refractivity contribution in [2.75, 3.05) is 12.3 Å². The Kier molecular flexibility index (Phi) is 4.82. The number of halogens is 2. The van der Waals surface area contributed by atoms with Crippen molar-refractivity contribution >= 4 is 34.8 Å². The number of anilines is 1. The third kappa shape index (κ3) is 3.62. The molecule has 3 N–H and O–H groups in total. The molecule has 0 aliphatic heterocycles. The summed E-state index contributed by atoms with van der Waals surface area (Å²) in [6, 6.07) is 6.82. The van der Waals surface area contributed by atoms with Gasteiger partial charge in [-0.05, 0) is 30.2 Å². The lowest BCUT2D eigenvalue weighted by Crippen LogP contribution is -2.26. The minimum atomic E-state index is -0.298. The van der Waals surface area contributed by atoms with E-state index in [9.17, 15) is 4.79 Å². The van der Waals surface area contributed by atoms with Crippen molar-refractivity contribution in [2.24, 2.45) is 0 Å². The number of nitrogen functional groups attached to an aromatic ring is 1. The van der Waals surface area contributed by atoms with Gasteiger partial charge < -0.3 is 11.1 Å². The van der Waals surface area contributed by atoms with Crippen molar-refractivity contribution < 1.29 is 4.79 Å². The fourth-order valence-corrected chi connectivity index (χ4v) is 2.16. The Morgan fingerprint density at radius 1 is 1.35 bits per heavy atom. The minimum Gasteiger partial charge on any atom is -0.399 e. The van der Waals surface area contributed by atoms with Crippen molar-refractivity contribution in [3.05, 3.63) is 57.8 Å². The molecule has 0 saturated carbocycles. The highest BCUT2D eigenvalue weighted by molar-refractivity contribution is 6.44. The van der Waals surface area contributed by atoms with Gasteiger partial charge in [-0.3, -0.25) is 9.78 Å². The SMILES string of the molecule is Nc1cc(Cl)c(Cl)c(C(=O)NCCc2cccnc2)c1. The van der Waals surface area contributed by atoms with Gasteiger partial charge >= 0.3 is 0 Å². The van der Waals surface area contributed by atoms with Crippen LogP contribution in [-0.4, -0.2) is 17.4 Å². The molecular weight excluding hydrogens is 297 g/mol. The van der Waals surface area contributed by atoms with Gasteiger partial charge in [-0.2, -0.15) is 0 Å². The van der Waals surface area contributed by atoms with E-state index in [1.165, 1.54) is 12.1 Å². The third-order valence-corrected chi connectivity index (χ3v) is 3.52. The summed E-state index contributed by atoms with van der Waals surface area (Å²) in [5, 5.41) is 3.25. The summed E-state index contributed by atoms with van der Waals surface area (Å²) < 4.78 is 0. The van der Waals surface area contributed by atoms with E-state index in [-0.39, 0.29) is 21.5 Å². The second-order valence-electron chi connectivity index (χ2n) is 4.23. The van der Waals surface area contributed by atoms with Gasteiger partial charge in [-0.15, -0.1) is 0 Å². The van der Waals surface area contributed by atoms with Crippen molar-refractivity contribution in [1.29, 1.82) is 0 Å². The van der Waals surface area contributed by atoms with Gasteiger partial charge in [-0.1, -0.05) is 29.3 Å². The number of nitrogens with two attached hydrogens (primary N) is 1. The number of aromatic nitrogens is 1. The molecule has 0 aliphatic carbocycles. The maximum absolute atomic E-state index is 12.0. The minimum absolute atomic E-state index is 0.208. The average molecular weight is 310 g/mol. The first-order chi connectivity index (χ1) is 9.58. The Morgan fingerprint density at radius 3 is 2.85 bits per heavy atom. The molecule has 104 valence electrons. The van der Waals surface area contributed by atoms with Gasteiger partial charge in [-0.25, -0.2) is 0 Å². The maximum atomic E-state index is 12.0. The lowest BCUT2D eigenvalue weighted by atomic mass is 10.1. The molecule has 2 aromatic rings. The van der Waals surface area contributed by atoms with Crippen LogP contribution in [0.4, 0.5) is 5.69 Å². The van der Waals surface area contributed by atoms with E-state index in [0.29, 0.717) is 18.7 Å². The zero-order valence-corrected chi connectivity index (χ0v) is 12.1. The fraction of sp³-hybridized carbons (Fsp3) is 0.143. The molecular formula is C14H13Cl2N3O. The first kappa shape index (κ1) is 14.6. The molecule has 1 aromatic heterocycles. The van der Waals surface area contributed by atoms with Gasteiger partial charge in [0, 0.05) is 24.6 Å². The van der Waals surface area contributed by atoms with E-state index >= 15 is 0 Å². The van der Waals surface area contributed by atoms with Gasteiger partial charge in [0.2, 0.25) is 0 Å². The Labute approximate surface area is 126 Å². The molecule has 0 spiro atoms. The van der Waals surface area contributed by atoms with Crippen LogP contribution in [-0.2, 0) is 6.42 Å². The van der Waals surface area contributed by atoms with Gasteiger partial charge in [0.05, 0.1) is 15.6 Å². The van der Waals surface area contributed by atoms with Crippen LogP contribution in [0.1, 0.15) is 15.9 Å². The molecule has 1 amide bonds. The number of benzene rings is 1. The van der Waals surface area contributed by atoms with E-state index in [0.717, 1.165) is 5.56 Å². The van der Waals surface area contributed by atoms with Crippen LogP contribution in [0.15, 0.2) is 36.7 Å². The summed E-state index contributed by atoms with van der Waals surface area (Å²) in [6.45, 7) is 0.479. The Morgan fingerprint density at radius 2 is 2.15 bits per heavy atom. The molecule has 0 saturated heterocycles. The van der Waals surface area contributed by atoms with E-state index in [1.54, 1.807) is 12.4 Å². The van der Waals surface area contributed by atoms with Crippen molar-refractivity contribution in [1.82, 2.24) is 10.3 Å². The van der Waals surface area contributed by atoms with Gasteiger partial charge in [0.15, 0.2) is 0 Å². The number of rotatable bonds is 4. The zero-order chi connectivity index (χ0) is 14.5. The summed E-state index contributed by atoms with van der Waals surface area (Å²) in [6.07, 6.45) is 4.15. The molecule has 0 bridgehead atoms. The van der Waals surface area contributed by atoms with Crippen molar-refractivity contribution in [3.63, 3.8) is 0 Å². The number of hydrogen-bond acceptors (Lipinski definition) is 3. The number of amides is 1. The number of carbonyl (C=O) groups excluding carboxylic acids is 1. The highest BCUT2D eigenvalue weighted by Gasteiger charge is 2.13. The molecule has 2 rings (SSSR count). The molecule has 0 atom stereocenters. The van der Waals surface area contributed by atoms with Crippen molar-refractivity contribution in [3.8, 4) is 0 Å². The van der Waals surface area contributed by atoms with Crippen molar-refractivity contribution in [2.45, 2.75) is 6.42 Å². The Bertz CT molecular complexity index is 617. The number of nitrogens with zero attached hydrogens (tertiary/aromatic N) is 1. The normalized spacial score (nSPS) is 10.3. The van der Waals surface area contributed by atoms with Crippen LogP contribution < -0.4 is 11.1 Å². The summed E-state index contributed by atoms with van der Waals surface area (Å²) in [4.78, 5) is 16.0. The van der Waals surface area contributed by atoms with Crippen LogP contribution in [0.2, 0.25) is 10.0 Å². The van der Waals surface area contributed by atoms with Crippen LogP contribution >= 0.6 is 23.2 Å². The monoisotopic (exact) mass is 309 g/mol.